The second-order valence-corrected chi connectivity index (χ2v) is 9.24. The van der Waals surface area contributed by atoms with Gasteiger partial charge in [-0.25, -0.2) is 8.42 Å². The Bertz CT molecular complexity index is 566. The zero-order valence-electron chi connectivity index (χ0n) is 19.5. The molecule has 0 fully saturated rings. The predicted octanol–water partition coefficient (Wildman–Crippen LogP) is 1.20. The average molecular weight is 459 g/mol. The normalized spacial score (nSPS) is 14.3. The minimum absolute atomic E-state index is 0. The Morgan fingerprint density at radius 2 is 1.33 bits per heavy atom. The molecule has 172 valence electrons. The van der Waals surface area contributed by atoms with Crippen molar-refractivity contribution in [3.8, 4) is 0 Å². The van der Waals surface area contributed by atoms with Crippen LogP contribution >= 0.6 is 0 Å². The van der Waals surface area contributed by atoms with Crippen LogP contribution in [0.3, 0.4) is 0 Å². The number of ether oxygens (including phenoxy) is 2. The van der Waals surface area contributed by atoms with Gasteiger partial charge in [0.05, 0.1) is 19.6 Å². The smallest absolute Gasteiger partial charge is 0.747 e. The van der Waals surface area contributed by atoms with Gasteiger partial charge in [0.1, 0.15) is 10.1 Å². The van der Waals surface area contributed by atoms with Gasteiger partial charge in [-0.15, -0.1) is 0 Å². The van der Waals surface area contributed by atoms with Gasteiger partial charge in [0, 0.05) is 0 Å². The second-order valence-electron chi connectivity index (χ2n) is 7.69. The number of unbranched alkanes of at least 4 members (excludes halogenated alkanes) is 3. The molecule has 7 nitrogen and oxygen atoms in total. The summed E-state index contributed by atoms with van der Waals surface area (Å²) in [5, 5.41) is -2.06. The second kappa shape index (κ2) is 18.4. The minimum Gasteiger partial charge on any atom is -0.747 e. The van der Waals surface area contributed by atoms with Gasteiger partial charge < -0.3 is 14.0 Å². The Kier molecular flexibility index (Phi) is 19.7. The van der Waals surface area contributed by atoms with E-state index in [1.165, 1.54) is 0 Å². The van der Waals surface area contributed by atoms with Crippen LogP contribution in [-0.2, 0) is 29.2 Å². The Labute approximate surface area is 205 Å². The van der Waals surface area contributed by atoms with Crippen LogP contribution in [0.15, 0.2) is 0 Å². The molecule has 0 aliphatic rings. The van der Waals surface area contributed by atoms with Crippen molar-refractivity contribution in [1.82, 2.24) is 0 Å². The zero-order valence-corrected chi connectivity index (χ0v) is 22.3. The fourth-order valence-corrected chi connectivity index (χ4v) is 3.65. The standard InChI is InChI=1S/C21H40O7S.Na/c1-5-9-11-13-18(8-4)15-27-20(22)14-19(29(24,25)26)21(23)28-16-17(7-3)12-10-6-2;/h17-19H,5-16H2,1-4H3,(H,24,25,26);/q;+1/p-1. The maximum Gasteiger partial charge on any atom is 1.00 e. The number of hydrogen-bond donors (Lipinski definition) is 0. The van der Waals surface area contributed by atoms with Crippen LogP contribution in [0.5, 0.6) is 0 Å². The molecule has 0 aliphatic carbocycles. The van der Waals surface area contributed by atoms with Crippen molar-refractivity contribution in [3.05, 3.63) is 0 Å². The summed E-state index contributed by atoms with van der Waals surface area (Å²) in [6, 6.07) is 0. The van der Waals surface area contributed by atoms with Gasteiger partial charge in [0.2, 0.25) is 0 Å². The number of esters is 2. The van der Waals surface area contributed by atoms with Gasteiger partial charge in [-0.3, -0.25) is 9.59 Å². The van der Waals surface area contributed by atoms with Crippen LogP contribution in [0.2, 0.25) is 0 Å². The largest absolute Gasteiger partial charge is 1.00 e. The van der Waals surface area contributed by atoms with Crippen molar-refractivity contribution >= 4 is 22.1 Å². The van der Waals surface area contributed by atoms with E-state index in [4.69, 9.17) is 9.47 Å². The summed E-state index contributed by atoms with van der Waals surface area (Å²) in [6.45, 7) is 8.32. The molecule has 0 saturated carbocycles. The van der Waals surface area contributed by atoms with Gasteiger partial charge in [0.15, 0.2) is 5.25 Å². The van der Waals surface area contributed by atoms with Gasteiger partial charge in [0.25, 0.3) is 0 Å². The molecule has 0 radical (unpaired) electrons. The molecule has 0 aromatic heterocycles. The molecule has 0 rings (SSSR count). The molecule has 0 saturated heterocycles. The van der Waals surface area contributed by atoms with Crippen molar-refractivity contribution in [3.63, 3.8) is 0 Å². The van der Waals surface area contributed by atoms with Crippen molar-refractivity contribution in [2.75, 3.05) is 13.2 Å². The van der Waals surface area contributed by atoms with Crippen molar-refractivity contribution in [1.29, 1.82) is 0 Å². The molecule has 0 heterocycles. The predicted molar refractivity (Wildman–Crippen MR) is 111 cm³/mol. The molecule has 0 aromatic rings. The Balaban J connectivity index is 0. The van der Waals surface area contributed by atoms with Crippen LogP contribution in [0, 0.1) is 11.8 Å². The average Bonchev–Trinajstić information content (AvgIpc) is 2.67. The van der Waals surface area contributed by atoms with Crippen molar-refractivity contribution in [2.24, 2.45) is 11.8 Å². The van der Waals surface area contributed by atoms with Gasteiger partial charge in [-0.05, 0) is 24.7 Å². The summed E-state index contributed by atoms with van der Waals surface area (Å²) in [4.78, 5) is 24.2. The minimum atomic E-state index is -5.02. The monoisotopic (exact) mass is 458 g/mol. The first-order chi connectivity index (χ1) is 13.7. The van der Waals surface area contributed by atoms with E-state index in [1.807, 2.05) is 13.8 Å². The van der Waals surface area contributed by atoms with Gasteiger partial charge >= 0.3 is 41.5 Å². The van der Waals surface area contributed by atoms with E-state index in [0.29, 0.717) is 0 Å². The van der Waals surface area contributed by atoms with Crippen molar-refractivity contribution in [2.45, 2.75) is 97.2 Å². The van der Waals surface area contributed by atoms with E-state index in [1.54, 1.807) is 0 Å². The fourth-order valence-electron chi connectivity index (χ4n) is 3.00. The van der Waals surface area contributed by atoms with Crippen molar-refractivity contribution < 1.29 is 61.6 Å². The molecule has 30 heavy (non-hydrogen) atoms. The third-order valence-corrected chi connectivity index (χ3v) is 6.30. The maximum absolute atomic E-state index is 12.2. The summed E-state index contributed by atoms with van der Waals surface area (Å²) in [5.74, 6) is -1.74. The quantitative estimate of drug-likeness (QED) is 0.139. The molecule has 0 bridgehead atoms. The molecule has 0 aromatic carbocycles. The third-order valence-electron chi connectivity index (χ3n) is 5.24. The Morgan fingerprint density at radius 1 is 0.833 bits per heavy atom. The van der Waals surface area contributed by atoms with Gasteiger partial charge in [-0.1, -0.05) is 72.6 Å². The SMILES string of the molecule is CCCCCC(CC)COC(=O)CC(C(=O)OCC(CC)CCCC)S(=O)(=O)[O-].[Na+]. The topological polar surface area (TPSA) is 110 Å². The summed E-state index contributed by atoms with van der Waals surface area (Å²) >= 11 is 0. The molecule has 9 heteroatoms. The molecular formula is C21H39NaO7S. The first kappa shape index (κ1) is 32.0. The van der Waals surface area contributed by atoms with Crippen LogP contribution in [-0.4, -0.2) is 43.4 Å². The molecule has 0 amide bonds. The summed E-state index contributed by atoms with van der Waals surface area (Å²) in [6.07, 6.45) is 7.79. The number of carbonyl (C=O) groups is 2. The van der Waals surface area contributed by atoms with Crippen LogP contribution in [0.25, 0.3) is 0 Å². The zero-order chi connectivity index (χ0) is 22.3. The number of rotatable bonds is 17. The Hall–Kier alpha value is -0.150. The van der Waals surface area contributed by atoms with E-state index < -0.39 is 33.7 Å². The third kappa shape index (κ3) is 14.8. The van der Waals surface area contributed by atoms with Crippen LogP contribution < -0.4 is 29.6 Å². The summed E-state index contributed by atoms with van der Waals surface area (Å²) in [5.41, 5.74) is 0. The fraction of sp³-hybridized carbons (Fsp3) is 0.905. The Morgan fingerprint density at radius 3 is 1.80 bits per heavy atom. The van der Waals surface area contributed by atoms with E-state index >= 15 is 0 Å². The van der Waals surface area contributed by atoms with E-state index in [-0.39, 0.29) is 54.6 Å². The number of carbonyl (C=O) groups excluding carboxylic acids is 2. The molecular weight excluding hydrogens is 419 g/mol. The number of hydrogen-bond acceptors (Lipinski definition) is 7. The van der Waals surface area contributed by atoms with E-state index in [2.05, 4.69) is 13.8 Å². The van der Waals surface area contributed by atoms with Crippen LogP contribution in [0.4, 0.5) is 0 Å². The summed E-state index contributed by atoms with van der Waals surface area (Å²) in [7, 11) is -5.02. The maximum atomic E-state index is 12.2. The van der Waals surface area contributed by atoms with E-state index in [0.717, 1.165) is 57.8 Å². The molecule has 0 spiro atoms. The first-order valence-corrected chi connectivity index (χ1v) is 12.4. The summed E-state index contributed by atoms with van der Waals surface area (Å²) < 4.78 is 44.7. The molecule has 3 unspecified atom stereocenters. The molecule has 0 N–H and O–H groups in total. The van der Waals surface area contributed by atoms with E-state index in [9.17, 15) is 22.6 Å². The van der Waals surface area contributed by atoms with Crippen LogP contribution in [0.1, 0.15) is 91.9 Å². The molecule has 3 atom stereocenters. The van der Waals surface area contributed by atoms with Gasteiger partial charge in [-0.2, -0.15) is 0 Å². The molecule has 0 aliphatic heterocycles. The first-order valence-electron chi connectivity index (χ1n) is 11.0.